The fraction of sp³-hybridized carbons (Fsp3) is 0.500. The second kappa shape index (κ2) is 25.0. The monoisotopic (exact) mass is 1180 g/mol. The zero-order valence-electron chi connectivity index (χ0n) is 49.0. The Morgan fingerprint density at radius 3 is 2.12 bits per heavy atom. The van der Waals surface area contributed by atoms with Crippen LogP contribution >= 0.6 is 23.1 Å². The Morgan fingerprint density at radius 2 is 1.49 bits per heavy atom. The lowest BCUT2D eigenvalue weighted by Crippen LogP contribution is -2.62. The first-order valence-corrected chi connectivity index (χ1v) is 29.3. The molecule has 4 aliphatic rings. The van der Waals surface area contributed by atoms with Crippen LogP contribution in [0.15, 0.2) is 87.3 Å². The number of methoxy groups -OCH3 is 3. The van der Waals surface area contributed by atoms with Crippen LogP contribution in [-0.2, 0) is 51.3 Å². The number of amides is 2. The van der Waals surface area contributed by atoms with Gasteiger partial charge in [0.15, 0.2) is 17.2 Å². The van der Waals surface area contributed by atoms with Crippen molar-refractivity contribution in [1.82, 2.24) is 9.88 Å². The summed E-state index contributed by atoms with van der Waals surface area (Å²) in [5.74, 6) is -2.33. The number of ether oxygens (including phenoxy) is 6. The molecule has 0 spiro atoms. The fourth-order valence-corrected chi connectivity index (χ4v) is 13.6. The van der Waals surface area contributed by atoms with Gasteiger partial charge in [0.25, 0.3) is 5.91 Å². The summed E-state index contributed by atoms with van der Waals surface area (Å²) in [4.78, 5) is 102. The number of rotatable bonds is 21. The lowest BCUT2D eigenvalue weighted by Gasteiger charge is -2.50. The average molecular weight is 1180 g/mol. The van der Waals surface area contributed by atoms with Crippen molar-refractivity contribution < 1.29 is 71.2 Å². The summed E-state index contributed by atoms with van der Waals surface area (Å²) in [7, 11) is 12.4. The highest BCUT2D eigenvalue weighted by Gasteiger charge is 2.58. The Labute approximate surface area is 492 Å². The van der Waals surface area contributed by atoms with Crippen molar-refractivity contribution in [3.8, 4) is 23.0 Å². The maximum absolute atomic E-state index is 14.5. The summed E-state index contributed by atoms with van der Waals surface area (Å²) in [6.07, 6.45) is 3.46. The van der Waals surface area contributed by atoms with Gasteiger partial charge in [-0.15, -0.1) is 11.3 Å². The van der Waals surface area contributed by atoms with Gasteiger partial charge in [-0.05, 0) is 91.3 Å². The smallest absolute Gasteiger partial charge is 0.412 e. The standard InChI is InChI=1S/C60H72BN5O15S2/c1-58(2,3)78-56(72)60(7,8)81-64-51(35-21-48(82-31-35)63-57(73)79-59(4,5)6)45(68)25-42-52(69)50-49(55(71)80-61)36(32-83-53(42)50)29-66(9)38-16-17-39(66)23-37(22-38)62-54(70)43-26-44(67)47(77-30-33-13-18-40(74-10)19-14-33)28-65(43)27-34-15-20-41(75-11)24-46(34)76-12/h13-15,18-21,24,26,28,31,37-39,42,50,53H,16-17,22-23,25,27,29-30,32H2,1-12H3,(H-,62,63,70,73)/p+1/b64-51-/t37?,38-,39+,42-,50?,53-,66?/m1/s1. The molecule has 2 aromatic carbocycles. The summed E-state index contributed by atoms with van der Waals surface area (Å²) < 4.78 is 40.5. The highest BCUT2D eigenvalue weighted by molar-refractivity contribution is 8.00. The number of hydrogen-bond acceptors (Lipinski definition) is 18. The predicted molar refractivity (Wildman–Crippen MR) is 313 cm³/mol. The van der Waals surface area contributed by atoms with E-state index >= 15 is 0 Å². The van der Waals surface area contributed by atoms with Gasteiger partial charge in [0.1, 0.15) is 53.1 Å². The van der Waals surface area contributed by atoms with Gasteiger partial charge >= 0.3 is 26.1 Å². The van der Waals surface area contributed by atoms with Gasteiger partial charge in [0, 0.05) is 89.3 Å². The largest absolute Gasteiger partial charge is 0.540 e. The van der Waals surface area contributed by atoms with Crippen LogP contribution in [0.1, 0.15) is 115 Å². The molecule has 4 aromatic rings. The summed E-state index contributed by atoms with van der Waals surface area (Å²) in [5.41, 5.74) is -1.00. The second-order valence-corrected chi connectivity index (χ2v) is 26.1. The van der Waals surface area contributed by atoms with Crippen LogP contribution in [0.2, 0.25) is 0 Å². The van der Waals surface area contributed by atoms with Crippen LogP contribution < -0.4 is 35.0 Å². The van der Waals surface area contributed by atoms with Crippen molar-refractivity contribution in [2.45, 2.75) is 141 Å². The topological polar surface area (TPSA) is 235 Å². The van der Waals surface area contributed by atoms with Crippen LogP contribution in [0.25, 0.3) is 0 Å². The van der Waals surface area contributed by atoms with Gasteiger partial charge in [-0.2, -0.15) is 11.8 Å². The number of hydrogen-bond donors (Lipinski definition) is 2. The number of nitrogens with one attached hydrogen (secondary N) is 2. The van der Waals surface area contributed by atoms with E-state index in [-0.39, 0.29) is 71.8 Å². The number of thiophene rings is 1. The molecule has 1 saturated carbocycles. The molecule has 2 bridgehead atoms. The highest BCUT2D eigenvalue weighted by atomic mass is 32.2. The van der Waals surface area contributed by atoms with E-state index in [4.69, 9.17) is 46.0 Å². The molecule has 7 atom stereocenters. The summed E-state index contributed by atoms with van der Waals surface area (Å²) in [6, 6.07) is 15.4. The van der Waals surface area contributed by atoms with Crippen LogP contribution in [0.5, 0.6) is 23.0 Å². The Bertz CT molecular complexity index is 3250. The number of quaternary nitrogens is 1. The Hall–Kier alpha value is -7.11. The molecule has 3 unspecified atom stereocenters. The number of pyridine rings is 1. The van der Waals surface area contributed by atoms with Gasteiger partial charge in [-0.1, -0.05) is 17.3 Å². The Balaban J connectivity index is 0.983. The molecule has 83 heavy (non-hydrogen) atoms. The van der Waals surface area contributed by atoms with Gasteiger partial charge in [0.2, 0.25) is 11.0 Å². The highest BCUT2D eigenvalue weighted by Crippen LogP contribution is 2.52. The van der Waals surface area contributed by atoms with Crippen LogP contribution in [0, 0.1) is 11.8 Å². The third-order valence-electron chi connectivity index (χ3n) is 15.5. The molecule has 2 aromatic heterocycles. The second-order valence-electron chi connectivity index (χ2n) is 24.0. The SMILES string of the molecule is [B]OC(=O)C1=C(C[N+]2(C)[C@@H]3CC[C@H]2CC(NC(=O)c2cc(=O)c(OCc4ccc(OC)cc4)cn2Cc2ccc(OC)cc2OC)C3)CS[C@H]2C1C(=O)[C@H]2CC(=O)/C(=N\OC(C)(C)C(=O)OC(C)(C)C)c1csc(NC(=O)OC(C)(C)C)c1. The maximum atomic E-state index is 14.5. The van der Waals surface area contributed by atoms with Crippen LogP contribution in [0.3, 0.4) is 0 Å². The molecule has 2 saturated heterocycles. The number of benzene rings is 2. The first-order chi connectivity index (χ1) is 39.1. The van der Waals surface area contributed by atoms with Gasteiger partial charge in [-0.3, -0.25) is 24.5 Å². The number of nitrogens with zero attached hydrogens (tertiary/aromatic N) is 3. The molecule has 1 aliphatic carbocycles. The molecule has 23 heteroatoms. The first-order valence-electron chi connectivity index (χ1n) is 27.4. The number of piperidine rings is 1. The summed E-state index contributed by atoms with van der Waals surface area (Å²) >= 11 is 2.60. The average Bonchev–Trinajstić information content (AvgIpc) is 2.78. The van der Waals surface area contributed by atoms with Gasteiger partial charge in [-0.25, -0.2) is 14.4 Å². The lowest BCUT2D eigenvalue weighted by molar-refractivity contribution is -0.944. The number of fused-ring (bicyclic) bond motifs is 3. The van der Waals surface area contributed by atoms with Crippen LogP contribution in [-0.4, -0.2) is 139 Å². The lowest BCUT2D eigenvalue weighted by atomic mass is 9.65. The molecular formula is C60H73BN5O15S2+. The zero-order valence-corrected chi connectivity index (χ0v) is 50.7. The van der Waals surface area contributed by atoms with E-state index in [1.807, 2.05) is 18.2 Å². The van der Waals surface area contributed by atoms with Crippen molar-refractivity contribution in [3.05, 3.63) is 110 Å². The van der Waals surface area contributed by atoms with Crippen molar-refractivity contribution in [2.24, 2.45) is 17.0 Å². The maximum Gasteiger partial charge on any atom is 0.412 e. The fourth-order valence-electron chi connectivity index (χ4n) is 11.3. The minimum atomic E-state index is -1.63. The Kier molecular flexibility index (Phi) is 18.7. The molecule has 8 rings (SSSR count). The minimum absolute atomic E-state index is 0.0588. The number of thioether (sulfide) groups is 1. The van der Waals surface area contributed by atoms with Crippen LogP contribution in [0.4, 0.5) is 9.80 Å². The molecule has 5 heterocycles. The van der Waals surface area contributed by atoms with Crippen molar-refractivity contribution in [3.63, 3.8) is 0 Å². The number of esters is 1. The van der Waals surface area contributed by atoms with E-state index in [0.717, 1.165) is 40.9 Å². The van der Waals surface area contributed by atoms with E-state index in [2.05, 4.69) is 22.8 Å². The quantitative estimate of drug-likeness (QED) is 0.0263. The molecule has 3 fully saturated rings. The molecular weight excluding hydrogens is 1110 g/mol. The molecule has 2 radical (unpaired) electrons. The van der Waals surface area contributed by atoms with E-state index in [0.29, 0.717) is 51.9 Å². The number of Topliss-reactive ketones (excluding diaryl/α,β-unsaturated/α-hetero) is 2. The predicted octanol–water partition coefficient (Wildman–Crippen LogP) is 8.13. The number of aromatic nitrogens is 1. The van der Waals surface area contributed by atoms with E-state index < -0.39 is 69.0 Å². The minimum Gasteiger partial charge on any atom is -0.540 e. The van der Waals surface area contributed by atoms with Gasteiger partial charge < -0.3 is 52.3 Å². The number of carbonyl (C=O) groups is 6. The number of ketones is 2. The van der Waals surface area contributed by atoms with Crippen molar-refractivity contribution in [1.29, 1.82) is 0 Å². The molecule has 3 aliphatic heterocycles. The number of oxime groups is 1. The number of anilines is 1. The normalized spacial score (nSPS) is 22.3. The third-order valence-corrected chi connectivity index (χ3v) is 17.8. The molecule has 20 nitrogen and oxygen atoms in total. The first kappa shape index (κ1) is 62.0. The molecule has 442 valence electrons. The van der Waals surface area contributed by atoms with Crippen molar-refractivity contribution >= 4 is 77.4 Å². The molecule has 2 N–H and O–H groups in total. The van der Waals surface area contributed by atoms with Crippen molar-refractivity contribution in [2.75, 3.05) is 46.0 Å². The zero-order chi connectivity index (χ0) is 60.3. The number of carbonyl (C=O) groups excluding carboxylic acids is 6. The van der Waals surface area contributed by atoms with E-state index in [9.17, 15) is 33.6 Å². The van der Waals surface area contributed by atoms with Gasteiger partial charge in [0.05, 0.1) is 69.7 Å². The third kappa shape index (κ3) is 14.3. The Morgan fingerprint density at radius 1 is 0.831 bits per heavy atom. The summed E-state index contributed by atoms with van der Waals surface area (Å²) in [5, 5.41) is 11.6. The van der Waals surface area contributed by atoms with E-state index in [1.54, 1.807) is 103 Å². The number of likely N-dealkylation sites (N-methyl/N-ethyl adjacent to an activating group) is 1. The molecule has 2 amide bonds. The van der Waals surface area contributed by atoms with E-state index in [1.165, 1.54) is 37.7 Å². The summed E-state index contributed by atoms with van der Waals surface area (Å²) in [6.45, 7) is 13.9.